The van der Waals surface area contributed by atoms with Gasteiger partial charge in [-0.25, -0.2) is 9.97 Å². The molecule has 0 fully saturated rings. The number of aromatic amines is 1. The van der Waals surface area contributed by atoms with Crippen molar-refractivity contribution >= 4 is 22.1 Å². The summed E-state index contributed by atoms with van der Waals surface area (Å²) >= 11 is 0. The van der Waals surface area contributed by atoms with Gasteiger partial charge < -0.3 is 10.1 Å². The van der Waals surface area contributed by atoms with Crippen LogP contribution < -0.4 is 0 Å². The van der Waals surface area contributed by atoms with Crippen LogP contribution in [0.1, 0.15) is 105 Å². The summed E-state index contributed by atoms with van der Waals surface area (Å²) in [6.07, 6.45) is 0. The second-order valence-corrected chi connectivity index (χ2v) is 20.4. The van der Waals surface area contributed by atoms with Crippen LogP contribution in [0.2, 0.25) is 0 Å². The third-order valence-electron chi connectivity index (χ3n) is 11.7. The predicted octanol–water partition coefficient (Wildman–Crippen LogP) is 14.5. The quantitative estimate of drug-likeness (QED) is 0.183. The van der Waals surface area contributed by atoms with Crippen molar-refractivity contribution in [3.63, 3.8) is 0 Å². The Labute approximate surface area is 350 Å². The van der Waals surface area contributed by atoms with Crippen LogP contribution in [-0.2, 0) is 21.7 Å². The number of H-pyrrole nitrogens is 1. The number of hydrogen-bond donors (Lipinski definition) is 2. The van der Waals surface area contributed by atoms with Crippen LogP contribution in [0.4, 0.5) is 0 Å². The van der Waals surface area contributed by atoms with Crippen LogP contribution in [0.15, 0.2) is 121 Å². The Bertz CT molecular complexity index is 2830. The van der Waals surface area contributed by atoms with Gasteiger partial charge in [0.25, 0.3) is 0 Å². The third kappa shape index (κ3) is 7.48. The van der Waals surface area contributed by atoms with Gasteiger partial charge in [0.1, 0.15) is 17.4 Å². The predicted molar refractivity (Wildman–Crippen MR) is 249 cm³/mol. The Hall–Kier alpha value is -5.94. The van der Waals surface area contributed by atoms with Crippen LogP contribution in [0.3, 0.4) is 0 Å². The molecule has 5 nitrogen and oxygen atoms in total. The number of nitrogens with zero attached hydrogens (tertiary/aromatic N) is 3. The van der Waals surface area contributed by atoms with E-state index < -0.39 is 0 Å². The maximum Gasteiger partial charge on any atom is 0.149 e. The molecule has 0 aliphatic heterocycles. The molecule has 0 atom stereocenters. The minimum atomic E-state index is -0.313. The first-order valence-corrected chi connectivity index (χ1v) is 20.9. The first kappa shape index (κ1) is 39.9. The fourth-order valence-corrected chi connectivity index (χ4v) is 8.06. The highest BCUT2D eigenvalue weighted by molar-refractivity contribution is 5.98. The molecule has 2 aromatic heterocycles. The van der Waals surface area contributed by atoms with E-state index in [1.165, 1.54) is 11.1 Å². The molecular formula is C54H58N4O. The molecule has 0 radical (unpaired) electrons. The molecule has 0 unspecified atom stereocenters. The highest BCUT2D eigenvalue weighted by atomic mass is 16.3. The topological polar surface area (TPSA) is 66.7 Å². The number of phenolic OH excluding ortho intramolecular Hbond substituents is 1. The lowest BCUT2D eigenvalue weighted by Gasteiger charge is -2.28. The third-order valence-corrected chi connectivity index (χ3v) is 11.7. The molecule has 0 aliphatic carbocycles. The van der Waals surface area contributed by atoms with E-state index in [1.54, 1.807) is 0 Å². The molecule has 0 spiro atoms. The zero-order chi connectivity index (χ0) is 42.2. The van der Waals surface area contributed by atoms with Gasteiger partial charge in [-0.3, -0.25) is 4.57 Å². The second kappa shape index (κ2) is 14.1. The number of aromatic nitrogens is 4. The Morgan fingerprint density at radius 2 is 1.12 bits per heavy atom. The second-order valence-electron chi connectivity index (χ2n) is 20.4. The summed E-state index contributed by atoms with van der Waals surface area (Å²) in [5.41, 5.74) is 14.6. The molecule has 2 N–H and O–H groups in total. The Balaban J connectivity index is 1.49. The highest BCUT2D eigenvalue weighted by Crippen LogP contribution is 2.46. The van der Waals surface area contributed by atoms with Crippen molar-refractivity contribution in [2.45, 2.75) is 105 Å². The zero-order valence-corrected chi connectivity index (χ0v) is 36.8. The number of aromatic hydroxyl groups is 1. The van der Waals surface area contributed by atoms with Crippen LogP contribution in [-0.4, -0.2) is 24.6 Å². The summed E-state index contributed by atoms with van der Waals surface area (Å²) in [4.78, 5) is 14.3. The summed E-state index contributed by atoms with van der Waals surface area (Å²) in [7, 11) is 0. The first-order chi connectivity index (χ1) is 27.7. The average Bonchev–Trinajstić information content (AvgIpc) is 3.79. The number of benzene rings is 6. The lowest BCUT2D eigenvalue weighted by Crippen LogP contribution is -2.17. The van der Waals surface area contributed by atoms with Crippen molar-refractivity contribution in [1.82, 2.24) is 19.5 Å². The van der Waals surface area contributed by atoms with Gasteiger partial charge in [0, 0.05) is 22.3 Å². The van der Waals surface area contributed by atoms with Crippen LogP contribution in [0.5, 0.6) is 5.75 Å². The molecule has 300 valence electrons. The van der Waals surface area contributed by atoms with Gasteiger partial charge in [-0.15, -0.1) is 0 Å². The van der Waals surface area contributed by atoms with Crippen molar-refractivity contribution < 1.29 is 5.11 Å². The molecule has 59 heavy (non-hydrogen) atoms. The Morgan fingerprint density at radius 3 is 1.78 bits per heavy atom. The summed E-state index contributed by atoms with van der Waals surface area (Å²) in [6.45, 7) is 26.7. The number of hydrogen-bond acceptors (Lipinski definition) is 3. The van der Waals surface area contributed by atoms with E-state index in [9.17, 15) is 5.11 Å². The Morgan fingerprint density at radius 1 is 0.492 bits per heavy atom. The Kier molecular flexibility index (Phi) is 9.54. The maximum absolute atomic E-state index is 12.5. The fraction of sp³-hybridized carbons (Fsp3) is 0.296. The number of fused-ring (bicyclic) bond motifs is 2. The van der Waals surface area contributed by atoms with Gasteiger partial charge >= 0.3 is 0 Å². The van der Waals surface area contributed by atoms with Gasteiger partial charge in [0.05, 0.1) is 33.3 Å². The normalized spacial score (nSPS) is 12.8. The van der Waals surface area contributed by atoms with Crippen molar-refractivity contribution in [2.24, 2.45) is 0 Å². The van der Waals surface area contributed by atoms with Crippen LogP contribution >= 0.6 is 0 Å². The zero-order valence-electron chi connectivity index (χ0n) is 36.8. The maximum atomic E-state index is 12.5. The van der Waals surface area contributed by atoms with E-state index in [4.69, 9.17) is 9.97 Å². The number of imidazole rings is 2. The van der Waals surface area contributed by atoms with E-state index in [0.29, 0.717) is 5.82 Å². The average molecular weight is 779 g/mol. The van der Waals surface area contributed by atoms with Crippen molar-refractivity contribution in [1.29, 1.82) is 0 Å². The molecule has 0 amide bonds. The molecule has 8 aromatic rings. The SMILES string of the molecule is CC(C)(C)c1cc(-c2nc3ccccc3[nH]2)cc(-c2cccc3c2nc(-c2cc(C(C)(C)C)cc(C(C)(C)C)c2O)n3-c2ccc(C(C)(C)C)cc2-c2ccccc2)c1. The summed E-state index contributed by atoms with van der Waals surface area (Å²) in [5.74, 6) is 1.80. The monoisotopic (exact) mass is 778 g/mol. The summed E-state index contributed by atoms with van der Waals surface area (Å²) < 4.78 is 2.29. The van der Waals surface area contributed by atoms with E-state index in [-0.39, 0.29) is 27.4 Å². The molecule has 6 aromatic carbocycles. The van der Waals surface area contributed by atoms with Gasteiger partial charge in [0.15, 0.2) is 0 Å². The van der Waals surface area contributed by atoms with Crippen molar-refractivity contribution in [3.8, 4) is 56.5 Å². The molecule has 8 rings (SSSR count). The molecule has 0 bridgehead atoms. The van der Waals surface area contributed by atoms with E-state index in [1.807, 2.05) is 18.2 Å². The number of nitrogens with one attached hydrogen (secondary N) is 1. The minimum Gasteiger partial charge on any atom is -0.507 e. The lowest BCUT2D eigenvalue weighted by molar-refractivity contribution is 0.446. The largest absolute Gasteiger partial charge is 0.507 e. The van der Waals surface area contributed by atoms with Gasteiger partial charge in [-0.2, -0.15) is 0 Å². The van der Waals surface area contributed by atoms with Crippen molar-refractivity contribution in [2.75, 3.05) is 0 Å². The lowest BCUT2D eigenvalue weighted by atomic mass is 9.79. The van der Waals surface area contributed by atoms with Gasteiger partial charge in [0.2, 0.25) is 0 Å². The van der Waals surface area contributed by atoms with Gasteiger partial charge in [-0.05, 0) is 98.0 Å². The molecule has 0 aliphatic rings. The molecule has 0 saturated heterocycles. The summed E-state index contributed by atoms with van der Waals surface area (Å²) in [6, 6.07) is 43.3. The van der Waals surface area contributed by atoms with E-state index >= 15 is 0 Å². The standard InChI is InChI=1S/C54H58N4O/c1-51(2,3)36-25-26-45(40(30-36)33-19-14-13-15-20-33)58-46-24-18-21-39(47(46)57-50(58)41-31-38(53(7,8)9)32-42(48(41)59)54(10,11)12)34-27-35(29-37(28-34)52(4,5)6)49-55-43-22-16-17-23-44(43)56-49/h13-32,59H,1-12H3,(H,55,56). The highest BCUT2D eigenvalue weighted by Gasteiger charge is 2.30. The molecule has 2 heterocycles. The van der Waals surface area contributed by atoms with Gasteiger partial charge in [-0.1, -0.05) is 156 Å². The van der Waals surface area contributed by atoms with E-state index in [0.717, 1.165) is 78.1 Å². The molecular weight excluding hydrogens is 721 g/mol. The molecule has 5 heteroatoms. The number of rotatable bonds is 5. The fourth-order valence-electron chi connectivity index (χ4n) is 8.06. The van der Waals surface area contributed by atoms with Crippen molar-refractivity contribution in [3.05, 3.63) is 144 Å². The molecule has 0 saturated carbocycles. The number of para-hydroxylation sites is 3. The van der Waals surface area contributed by atoms with Crippen LogP contribution in [0.25, 0.3) is 72.8 Å². The van der Waals surface area contributed by atoms with E-state index in [2.05, 4.69) is 196 Å². The first-order valence-electron chi connectivity index (χ1n) is 20.9. The summed E-state index contributed by atoms with van der Waals surface area (Å²) in [5, 5.41) is 12.5. The number of phenols is 1. The minimum absolute atomic E-state index is 0.0639. The van der Waals surface area contributed by atoms with Crippen LogP contribution in [0, 0.1) is 0 Å². The smallest absolute Gasteiger partial charge is 0.149 e.